The summed E-state index contributed by atoms with van der Waals surface area (Å²) in [5, 5.41) is 0.583. The van der Waals surface area contributed by atoms with Crippen molar-refractivity contribution in [2.75, 3.05) is 19.7 Å². The number of fused-ring (bicyclic) bond motifs is 1. The number of H-pyrrole nitrogens is 2. The number of amides is 1. The van der Waals surface area contributed by atoms with Crippen molar-refractivity contribution < 1.29 is 9.53 Å². The number of piperidine rings is 1. The molecule has 0 saturated carbocycles. The van der Waals surface area contributed by atoms with Gasteiger partial charge >= 0.3 is 5.69 Å². The van der Waals surface area contributed by atoms with Gasteiger partial charge in [-0.15, -0.1) is 0 Å². The number of carbonyl (C=O) groups is 1. The number of carbonyl (C=O) groups excluding carboxylic acids is 1. The van der Waals surface area contributed by atoms with E-state index < -0.39 is 0 Å². The molecule has 1 fully saturated rings. The third-order valence-corrected chi connectivity index (χ3v) is 5.02. The number of aromatic nitrogens is 3. The number of halogens is 1. The number of nitrogens with zero attached hydrogens (tertiary/aromatic N) is 2. The number of aromatic amines is 2. The Morgan fingerprint density at radius 3 is 2.96 bits per heavy atom. The van der Waals surface area contributed by atoms with E-state index in [0.717, 1.165) is 12.8 Å². The molecule has 1 amide bonds. The Morgan fingerprint density at radius 1 is 1.26 bits per heavy atom. The van der Waals surface area contributed by atoms with E-state index in [1.54, 1.807) is 23.1 Å². The minimum Gasteiger partial charge on any atom is -0.492 e. The molecule has 3 aromatic rings. The molecule has 7 nitrogen and oxygen atoms in total. The molecule has 0 radical (unpaired) electrons. The zero-order valence-corrected chi connectivity index (χ0v) is 15.3. The second-order valence-corrected chi connectivity index (χ2v) is 7.08. The maximum atomic E-state index is 12.8. The van der Waals surface area contributed by atoms with Crippen molar-refractivity contribution in [3.63, 3.8) is 0 Å². The molecule has 1 atom stereocenters. The van der Waals surface area contributed by atoms with Crippen LogP contribution in [0.3, 0.4) is 0 Å². The molecule has 0 spiro atoms. The summed E-state index contributed by atoms with van der Waals surface area (Å²) in [6.45, 7) is 1.79. The monoisotopic (exact) mass is 386 g/mol. The first-order valence-electron chi connectivity index (χ1n) is 8.86. The van der Waals surface area contributed by atoms with Gasteiger partial charge in [0.2, 0.25) is 0 Å². The number of hydrogen-bond acceptors (Lipinski definition) is 4. The van der Waals surface area contributed by atoms with Gasteiger partial charge in [-0.05, 0) is 37.1 Å². The Balaban J connectivity index is 1.43. The zero-order valence-electron chi connectivity index (χ0n) is 14.6. The number of pyridine rings is 1. The van der Waals surface area contributed by atoms with Gasteiger partial charge in [0.1, 0.15) is 11.4 Å². The topological polar surface area (TPSA) is 91.1 Å². The van der Waals surface area contributed by atoms with Gasteiger partial charge in [0.15, 0.2) is 5.65 Å². The highest BCUT2D eigenvalue weighted by Crippen LogP contribution is 2.25. The third-order valence-electron chi connectivity index (χ3n) is 4.71. The number of benzene rings is 1. The van der Waals surface area contributed by atoms with Gasteiger partial charge in [0, 0.05) is 19.0 Å². The lowest BCUT2D eigenvalue weighted by Gasteiger charge is -2.32. The van der Waals surface area contributed by atoms with Crippen molar-refractivity contribution in [3.05, 3.63) is 57.6 Å². The van der Waals surface area contributed by atoms with Crippen LogP contribution in [0.5, 0.6) is 5.75 Å². The molecule has 2 aromatic heterocycles. The number of ether oxygens (including phenoxy) is 1. The zero-order chi connectivity index (χ0) is 18.8. The molecule has 2 N–H and O–H groups in total. The highest BCUT2D eigenvalue weighted by Gasteiger charge is 2.26. The Labute approximate surface area is 160 Å². The van der Waals surface area contributed by atoms with E-state index in [-0.39, 0.29) is 17.5 Å². The lowest BCUT2D eigenvalue weighted by Crippen LogP contribution is -2.41. The van der Waals surface area contributed by atoms with Crippen LogP contribution in [0.1, 0.15) is 23.3 Å². The fraction of sp³-hybridized carbons (Fsp3) is 0.316. The van der Waals surface area contributed by atoms with Crippen LogP contribution in [0, 0.1) is 5.92 Å². The summed E-state index contributed by atoms with van der Waals surface area (Å²) in [6.07, 6.45) is 1.90. The molecular formula is C19H19ClN4O3. The predicted molar refractivity (Wildman–Crippen MR) is 102 cm³/mol. The molecule has 0 bridgehead atoms. The largest absolute Gasteiger partial charge is 0.492 e. The van der Waals surface area contributed by atoms with E-state index in [4.69, 9.17) is 16.3 Å². The van der Waals surface area contributed by atoms with Gasteiger partial charge in [-0.1, -0.05) is 23.7 Å². The van der Waals surface area contributed by atoms with Crippen LogP contribution in [-0.4, -0.2) is 45.5 Å². The van der Waals surface area contributed by atoms with Gasteiger partial charge in [-0.25, -0.2) is 9.78 Å². The van der Waals surface area contributed by atoms with Crippen LogP contribution in [0.4, 0.5) is 0 Å². The van der Waals surface area contributed by atoms with Crippen LogP contribution < -0.4 is 10.4 Å². The van der Waals surface area contributed by atoms with Gasteiger partial charge in [-0.2, -0.15) is 0 Å². The molecule has 3 heterocycles. The molecule has 1 aliphatic heterocycles. The van der Waals surface area contributed by atoms with E-state index in [9.17, 15) is 9.59 Å². The lowest BCUT2D eigenvalue weighted by atomic mass is 9.98. The van der Waals surface area contributed by atoms with Crippen LogP contribution >= 0.6 is 11.6 Å². The van der Waals surface area contributed by atoms with Crippen LogP contribution in [0.2, 0.25) is 5.02 Å². The normalized spacial score (nSPS) is 17.2. The molecule has 0 aliphatic carbocycles. The van der Waals surface area contributed by atoms with Gasteiger partial charge in [0.25, 0.3) is 5.91 Å². The van der Waals surface area contributed by atoms with Crippen molar-refractivity contribution in [1.82, 2.24) is 19.9 Å². The fourth-order valence-corrected chi connectivity index (χ4v) is 3.54. The number of para-hydroxylation sites is 1. The van der Waals surface area contributed by atoms with E-state index in [0.29, 0.717) is 47.3 Å². The quantitative estimate of drug-likeness (QED) is 0.721. The summed E-state index contributed by atoms with van der Waals surface area (Å²) >= 11 is 6.12. The van der Waals surface area contributed by atoms with Crippen LogP contribution in [-0.2, 0) is 0 Å². The van der Waals surface area contributed by atoms with Crippen molar-refractivity contribution >= 4 is 28.7 Å². The van der Waals surface area contributed by atoms with Crippen LogP contribution in [0.25, 0.3) is 11.2 Å². The number of rotatable bonds is 4. The lowest BCUT2D eigenvalue weighted by molar-refractivity contribution is 0.0628. The SMILES string of the molecule is O=C(c1ccc2[nH]c(=O)[nH]c2n1)N1CCCC(COc2ccccc2Cl)C1. The minimum atomic E-state index is -0.336. The molecule has 1 unspecified atom stereocenters. The third kappa shape index (κ3) is 3.83. The van der Waals surface area contributed by atoms with Gasteiger partial charge < -0.3 is 14.6 Å². The van der Waals surface area contributed by atoms with Crippen molar-refractivity contribution in [2.24, 2.45) is 5.92 Å². The highest BCUT2D eigenvalue weighted by atomic mass is 35.5. The summed E-state index contributed by atoms with van der Waals surface area (Å²) in [7, 11) is 0. The molecule has 4 rings (SSSR count). The molecule has 1 aromatic carbocycles. The average Bonchev–Trinajstić information content (AvgIpc) is 3.06. The molecule has 8 heteroatoms. The second-order valence-electron chi connectivity index (χ2n) is 6.67. The average molecular weight is 387 g/mol. The maximum Gasteiger partial charge on any atom is 0.325 e. The number of nitrogens with one attached hydrogen (secondary N) is 2. The first-order valence-corrected chi connectivity index (χ1v) is 9.23. The van der Waals surface area contributed by atoms with Gasteiger partial charge in [0.05, 0.1) is 17.1 Å². The van der Waals surface area contributed by atoms with Crippen LogP contribution in [0.15, 0.2) is 41.2 Å². The highest BCUT2D eigenvalue weighted by molar-refractivity contribution is 6.32. The number of likely N-dealkylation sites (tertiary alicyclic amines) is 1. The molecule has 1 saturated heterocycles. The molecule has 27 heavy (non-hydrogen) atoms. The Hall–Kier alpha value is -2.80. The summed E-state index contributed by atoms with van der Waals surface area (Å²) < 4.78 is 5.84. The Kier molecular flexibility index (Phi) is 4.85. The summed E-state index contributed by atoms with van der Waals surface area (Å²) in [5.41, 5.74) is 0.963. The smallest absolute Gasteiger partial charge is 0.325 e. The number of hydrogen-bond donors (Lipinski definition) is 2. The van der Waals surface area contributed by atoms with E-state index >= 15 is 0 Å². The summed E-state index contributed by atoms with van der Waals surface area (Å²) in [5.74, 6) is 0.752. The van der Waals surface area contributed by atoms with E-state index in [2.05, 4.69) is 15.0 Å². The number of imidazole rings is 1. The first kappa shape index (κ1) is 17.6. The Morgan fingerprint density at radius 2 is 2.11 bits per heavy atom. The van der Waals surface area contributed by atoms with Crippen molar-refractivity contribution in [1.29, 1.82) is 0 Å². The summed E-state index contributed by atoms with van der Waals surface area (Å²) in [6, 6.07) is 10.7. The van der Waals surface area contributed by atoms with Crippen molar-refractivity contribution in [2.45, 2.75) is 12.8 Å². The molecular weight excluding hydrogens is 368 g/mol. The molecule has 1 aliphatic rings. The maximum absolute atomic E-state index is 12.8. The predicted octanol–water partition coefficient (Wildman–Crippen LogP) is 2.84. The fourth-order valence-electron chi connectivity index (χ4n) is 3.35. The van der Waals surface area contributed by atoms with Gasteiger partial charge in [-0.3, -0.25) is 9.78 Å². The summed E-state index contributed by atoms with van der Waals surface area (Å²) in [4.78, 5) is 35.5. The second kappa shape index (κ2) is 7.44. The minimum absolute atomic E-state index is 0.138. The van der Waals surface area contributed by atoms with E-state index in [1.165, 1.54) is 0 Å². The molecule has 140 valence electrons. The Bertz CT molecular complexity index is 1030. The standard InChI is InChI=1S/C19H19ClN4O3/c20-13-5-1-2-6-16(13)27-11-12-4-3-9-24(10-12)18(25)15-8-7-14-17(21-15)23-19(26)22-14/h1-2,5-8,12H,3-4,9-11H2,(H2,21,22,23,26). The van der Waals surface area contributed by atoms with E-state index in [1.807, 2.05) is 18.2 Å². The van der Waals surface area contributed by atoms with Crippen molar-refractivity contribution in [3.8, 4) is 5.75 Å². The first-order chi connectivity index (χ1) is 13.1.